The summed E-state index contributed by atoms with van der Waals surface area (Å²) >= 11 is 0. The van der Waals surface area contributed by atoms with E-state index in [-0.39, 0.29) is 18.4 Å². The van der Waals surface area contributed by atoms with Crippen molar-refractivity contribution >= 4 is 11.8 Å². The van der Waals surface area contributed by atoms with Crippen LogP contribution in [0.15, 0.2) is 17.1 Å². The lowest BCUT2D eigenvalue weighted by Gasteiger charge is -2.23. The maximum absolute atomic E-state index is 12.3. The highest BCUT2D eigenvalue weighted by atomic mass is 16.6. The molecule has 0 aromatic carbocycles. The first-order valence-corrected chi connectivity index (χ1v) is 9.85. The molecule has 4 atom stereocenters. The van der Waals surface area contributed by atoms with Crippen LogP contribution in [0.3, 0.4) is 0 Å². The molecule has 3 N–H and O–H groups in total. The van der Waals surface area contributed by atoms with E-state index in [0.717, 1.165) is 19.3 Å². The number of aliphatic hydroxyl groups excluding tert-OH is 1. The number of anilines is 1. The fourth-order valence-electron chi connectivity index (χ4n) is 3.35. The van der Waals surface area contributed by atoms with Gasteiger partial charge in [0.25, 0.3) is 0 Å². The normalized spacial score (nSPS) is 24.4. The number of esters is 1. The molecule has 1 aromatic heterocycles. The summed E-state index contributed by atoms with van der Waals surface area (Å²) < 4.78 is 18.0. The van der Waals surface area contributed by atoms with E-state index < -0.39 is 30.2 Å². The highest BCUT2D eigenvalue weighted by Crippen LogP contribution is 2.32. The third-order valence-corrected chi connectivity index (χ3v) is 4.87. The van der Waals surface area contributed by atoms with E-state index >= 15 is 0 Å². The van der Waals surface area contributed by atoms with Gasteiger partial charge in [-0.25, -0.2) is 4.79 Å². The molecule has 1 saturated heterocycles. The molecule has 9 heteroatoms. The minimum Gasteiger partial charge on any atom is -0.457 e. The van der Waals surface area contributed by atoms with Crippen molar-refractivity contribution in [2.24, 2.45) is 0 Å². The highest BCUT2D eigenvalue weighted by molar-refractivity contribution is 5.69. The van der Waals surface area contributed by atoms with Gasteiger partial charge >= 0.3 is 11.7 Å². The Balaban J connectivity index is 1.98. The van der Waals surface area contributed by atoms with Crippen LogP contribution in [0.5, 0.6) is 0 Å². The van der Waals surface area contributed by atoms with Gasteiger partial charge in [-0.3, -0.25) is 9.36 Å². The van der Waals surface area contributed by atoms with E-state index in [0.29, 0.717) is 6.42 Å². The van der Waals surface area contributed by atoms with Crippen molar-refractivity contribution in [2.45, 2.75) is 76.4 Å². The maximum atomic E-state index is 12.3. The molecule has 0 bridgehead atoms. The molecule has 0 aliphatic carbocycles. The highest BCUT2D eigenvalue weighted by Gasteiger charge is 2.48. The lowest BCUT2D eigenvalue weighted by atomic mass is 10.1. The second-order valence-electron chi connectivity index (χ2n) is 6.96. The Morgan fingerprint density at radius 2 is 2.00 bits per heavy atom. The molecule has 0 spiro atoms. The van der Waals surface area contributed by atoms with Crippen molar-refractivity contribution in [3.63, 3.8) is 0 Å². The molecule has 158 valence electrons. The van der Waals surface area contributed by atoms with E-state index in [1.807, 2.05) is 0 Å². The number of aliphatic hydroxyl groups is 1. The third kappa shape index (κ3) is 5.76. The predicted molar refractivity (Wildman–Crippen MR) is 103 cm³/mol. The Hall–Kier alpha value is -1.97. The van der Waals surface area contributed by atoms with E-state index in [1.54, 1.807) is 0 Å². The quantitative estimate of drug-likeness (QED) is 0.424. The molecule has 1 aliphatic heterocycles. The fraction of sp³-hybridized carbons (Fsp3) is 0.737. The maximum Gasteiger partial charge on any atom is 0.351 e. The SMILES string of the molecule is CCCCCCCCC(=O)O[C@@H]1[C@H](OC)[C@@H](n2ccc(N)nc2=O)O[C@H]1CO. The van der Waals surface area contributed by atoms with E-state index in [2.05, 4.69) is 11.9 Å². The summed E-state index contributed by atoms with van der Waals surface area (Å²) in [5.41, 5.74) is 4.91. The molecule has 1 fully saturated rings. The van der Waals surface area contributed by atoms with E-state index in [1.165, 1.54) is 43.2 Å². The number of nitrogens with two attached hydrogens (primary N) is 1. The Kier molecular flexibility index (Phi) is 8.88. The first-order valence-electron chi connectivity index (χ1n) is 9.85. The van der Waals surface area contributed by atoms with Crippen molar-refractivity contribution < 1.29 is 24.1 Å². The number of rotatable bonds is 11. The van der Waals surface area contributed by atoms with Crippen LogP contribution in [-0.4, -0.2) is 52.7 Å². The van der Waals surface area contributed by atoms with Gasteiger partial charge in [0, 0.05) is 19.7 Å². The predicted octanol–water partition coefficient (Wildman–Crippen LogP) is 1.39. The summed E-state index contributed by atoms with van der Waals surface area (Å²) in [6.45, 7) is 1.79. The van der Waals surface area contributed by atoms with Crippen molar-refractivity contribution in [3.8, 4) is 0 Å². The lowest BCUT2D eigenvalue weighted by molar-refractivity contribution is -0.157. The molecular weight excluding hydrogens is 366 g/mol. The van der Waals surface area contributed by atoms with Crippen LogP contribution in [-0.2, 0) is 19.0 Å². The summed E-state index contributed by atoms with van der Waals surface area (Å²) in [6, 6.07) is 1.46. The molecule has 0 saturated carbocycles. The van der Waals surface area contributed by atoms with Gasteiger partial charge in [0.1, 0.15) is 18.0 Å². The molecule has 0 radical (unpaired) electrons. The van der Waals surface area contributed by atoms with Crippen LogP contribution in [0, 0.1) is 0 Å². The summed E-state index contributed by atoms with van der Waals surface area (Å²) in [6.07, 6.45) is 4.87. The Morgan fingerprint density at radius 1 is 1.29 bits per heavy atom. The number of nitrogens with zero attached hydrogens (tertiary/aromatic N) is 2. The summed E-state index contributed by atoms with van der Waals surface area (Å²) in [5.74, 6) is -0.276. The molecule has 2 heterocycles. The number of hydrogen-bond donors (Lipinski definition) is 2. The minimum absolute atomic E-state index is 0.0915. The Morgan fingerprint density at radius 3 is 2.64 bits per heavy atom. The van der Waals surface area contributed by atoms with Gasteiger partial charge in [0.05, 0.1) is 6.61 Å². The zero-order chi connectivity index (χ0) is 20.5. The van der Waals surface area contributed by atoms with Gasteiger partial charge in [0.15, 0.2) is 12.3 Å². The second-order valence-corrected chi connectivity index (χ2v) is 6.96. The summed E-state index contributed by atoms with van der Waals surface area (Å²) in [7, 11) is 1.44. The zero-order valence-electron chi connectivity index (χ0n) is 16.6. The number of hydrogen-bond acceptors (Lipinski definition) is 8. The Labute approximate surface area is 164 Å². The fourth-order valence-corrected chi connectivity index (χ4v) is 3.35. The smallest absolute Gasteiger partial charge is 0.351 e. The van der Waals surface area contributed by atoms with Crippen molar-refractivity contribution in [1.82, 2.24) is 9.55 Å². The Bertz CT molecular complexity index is 680. The lowest BCUT2D eigenvalue weighted by Crippen LogP contribution is -2.40. The number of carbonyl (C=O) groups is 1. The standard InChI is InChI=1S/C19H31N3O6/c1-3-4-5-6-7-8-9-15(24)28-16-13(12-23)27-18(17(16)26-2)22-11-10-14(20)21-19(22)25/h10-11,13,16-18,23H,3-9,12H2,1-2H3,(H2,20,21,25)/t13-,16-,17-,18-/m0/s1. The van der Waals surface area contributed by atoms with E-state index in [9.17, 15) is 14.7 Å². The van der Waals surface area contributed by atoms with Crippen LogP contribution >= 0.6 is 0 Å². The van der Waals surface area contributed by atoms with Gasteiger partial charge in [-0.1, -0.05) is 39.0 Å². The van der Waals surface area contributed by atoms with Crippen molar-refractivity contribution in [1.29, 1.82) is 0 Å². The average molecular weight is 397 g/mol. The molecular formula is C19H31N3O6. The van der Waals surface area contributed by atoms with Gasteiger partial charge in [-0.15, -0.1) is 0 Å². The number of unbranched alkanes of at least 4 members (excludes halogenated alkanes) is 5. The molecule has 28 heavy (non-hydrogen) atoms. The molecule has 0 unspecified atom stereocenters. The number of methoxy groups -OCH3 is 1. The van der Waals surface area contributed by atoms with Crippen LogP contribution in [0.4, 0.5) is 5.82 Å². The van der Waals surface area contributed by atoms with Gasteiger partial charge in [-0.2, -0.15) is 4.98 Å². The van der Waals surface area contributed by atoms with Crippen LogP contribution in [0.25, 0.3) is 0 Å². The van der Waals surface area contributed by atoms with Crippen LogP contribution in [0.2, 0.25) is 0 Å². The van der Waals surface area contributed by atoms with Crippen LogP contribution < -0.4 is 11.4 Å². The first kappa shape index (κ1) is 22.3. The van der Waals surface area contributed by atoms with Crippen LogP contribution in [0.1, 0.15) is 58.1 Å². The monoisotopic (exact) mass is 397 g/mol. The summed E-state index contributed by atoms with van der Waals surface area (Å²) in [4.78, 5) is 28.1. The van der Waals surface area contributed by atoms with Gasteiger partial charge < -0.3 is 25.1 Å². The number of ether oxygens (including phenoxy) is 3. The number of carbonyl (C=O) groups excluding carboxylic acids is 1. The molecule has 2 rings (SSSR count). The van der Waals surface area contributed by atoms with E-state index in [4.69, 9.17) is 19.9 Å². The van der Waals surface area contributed by atoms with Gasteiger partial charge in [0.2, 0.25) is 0 Å². The number of nitrogen functional groups attached to an aromatic ring is 1. The third-order valence-electron chi connectivity index (χ3n) is 4.87. The van der Waals surface area contributed by atoms with Crippen molar-refractivity contribution in [2.75, 3.05) is 19.5 Å². The van der Waals surface area contributed by atoms with Gasteiger partial charge in [-0.05, 0) is 12.5 Å². The molecule has 0 amide bonds. The first-order chi connectivity index (χ1) is 13.5. The topological polar surface area (TPSA) is 126 Å². The zero-order valence-corrected chi connectivity index (χ0v) is 16.6. The molecule has 9 nitrogen and oxygen atoms in total. The summed E-state index contributed by atoms with van der Waals surface area (Å²) in [5, 5.41) is 9.64. The minimum atomic E-state index is -0.880. The number of aromatic nitrogens is 2. The second kappa shape index (κ2) is 11.1. The largest absolute Gasteiger partial charge is 0.457 e. The van der Waals surface area contributed by atoms with Crippen molar-refractivity contribution in [3.05, 3.63) is 22.7 Å². The molecule has 1 aromatic rings. The molecule has 1 aliphatic rings. The average Bonchev–Trinajstić information content (AvgIpc) is 3.01.